The third-order valence-electron chi connectivity index (χ3n) is 3.79. The number of likely N-dealkylation sites (N-methyl/N-ethyl adjacent to an activating group) is 1. The molecular weight excluding hydrogens is 310 g/mol. The molecule has 1 aliphatic rings. The van der Waals surface area contributed by atoms with Gasteiger partial charge in [0.1, 0.15) is 6.54 Å². The number of fused-ring (bicyclic) bond motifs is 1. The van der Waals surface area contributed by atoms with Gasteiger partial charge in [0.2, 0.25) is 5.91 Å². The molecule has 7 nitrogen and oxygen atoms in total. The second-order valence-electron chi connectivity index (χ2n) is 5.33. The highest BCUT2D eigenvalue weighted by Crippen LogP contribution is 2.19. The molecular formula is C17H15N3O4. The molecule has 5 amide bonds. The fourth-order valence-electron chi connectivity index (χ4n) is 2.58. The average molecular weight is 325 g/mol. The van der Waals surface area contributed by atoms with E-state index in [4.69, 9.17) is 0 Å². The fraction of sp³-hybridized carbons (Fsp3) is 0.176. The van der Waals surface area contributed by atoms with Crippen molar-refractivity contribution < 1.29 is 19.2 Å². The molecule has 0 atom stereocenters. The maximum Gasteiger partial charge on any atom is 0.334 e. The summed E-state index contributed by atoms with van der Waals surface area (Å²) in [4.78, 5) is 48.9. The standard InChI is InChI=1S/C17H15N3O4/c1-2-19-15(22)16(23)20(17(19)24)10-14(21)18-13-8-7-11-5-3-4-6-12(11)9-13/h3-9H,2,10H2,1H3,(H,18,21). The Morgan fingerprint density at radius 3 is 2.29 bits per heavy atom. The number of carbonyl (C=O) groups is 4. The van der Waals surface area contributed by atoms with Gasteiger partial charge < -0.3 is 5.32 Å². The summed E-state index contributed by atoms with van der Waals surface area (Å²) in [5.41, 5.74) is 0.552. The summed E-state index contributed by atoms with van der Waals surface area (Å²) >= 11 is 0. The Bertz CT molecular complexity index is 862. The van der Waals surface area contributed by atoms with Gasteiger partial charge in [-0.05, 0) is 29.8 Å². The second-order valence-corrected chi connectivity index (χ2v) is 5.33. The highest BCUT2D eigenvalue weighted by atomic mass is 16.2. The van der Waals surface area contributed by atoms with Gasteiger partial charge >= 0.3 is 17.8 Å². The molecule has 1 saturated heterocycles. The van der Waals surface area contributed by atoms with E-state index in [1.165, 1.54) is 0 Å². The fourth-order valence-corrected chi connectivity index (χ4v) is 2.58. The predicted molar refractivity (Wildman–Crippen MR) is 87.1 cm³/mol. The van der Waals surface area contributed by atoms with Crippen molar-refractivity contribution in [2.45, 2.75) is 6.92 Å². The minimum absolute atomic E-state index is 0.0895. The molecule has 3 rings (SSSR count). The summed E-state index contributed by atoms with van der Waals surface area (Å²) in [6, 6.07) is 12.3. The molecule has 1 fully saturated rings. The number of urea groups is 1. The van der Waals surface area contributed by atoms with E-state index in [0.29, 0.717) is 10.6 Å². The largest absolute Gasteiger partial charge is 0.334 e. The maximum absolute atomic E-state index is 12.1. The zero-order chi connectivity index (χ0) is 17.3. The van der Waals surface area contributed by atoms with E-state index < -0.39 is 30.3 Å². The van der Waals surface area contributed by atoms with Crippen molar-refractivity contribution in [3.63, 3.8) is 0 Å². The van der Waals surface area contributed by atoms with Crippen LogP contribution in [-0.2, 0) is 14.4 Å². The van der Waals surface area contributed by atoms with E-state index in [1.54, 1.807) is 19.1 Å². The van der Waals surface area contributed by atoms with Crippen molar-refractivity contribution >= 4 is 40.2 Å². The van der Waals surface area contributed by atoms with Crippen molar-refractivity contribution in [3.8, 4) is 0 Å². The lowest BCUT2D eigenvalue weighted by atomic mass is 10.1. The number of anilines is 1. The van der Waals surface area contributed by atoms with Crippen LogP contribution in [0.5, 0.6) is 0 Å². The number of nitrogens with one attached hydrogen (secondary N) is 1. The number of imide groups is 2. The topological polar surface area (TPSA) is 86.8 Å². The Labute approximate surface area is 137 Å². The Kier molecular flexibility index (Phi) is 3.99. The molecule has 0 saturated carbocycles. The number of nitrogens with zero attached hydrogens (tertiary/aromatic N) is 2. The summed E-state index contributed by atoms with van der Waals surface area (Å²) in [7, 11) is 0. The molecule has 2 aromatic rings. The monoisotopic (exact) mass is 325 g/mol. The Hall–Kier alpha value is -3.22. The van der Waals surface area contributed by atoms with Gasteiger partial charge in [0, 0.05) is 12.2 Å². The van der Waals surface area contributed by atoms with Crippen LogP contribution in [0, 0.1) is 0 Å². The van der Waals surface area contributed by atoms with Crippen LogP contribution >= 0.6 is 0 Å². The molecule has 0 aliphatic carbocycles. The second kappa shape index (κ2) is 6.11. The van der Waals surface area contributed by atoms with Crippen molar-refractivity contribution in [1.29, 1.82) is 0 Å². The summed E-state index contributed by atoms with van der Waals surface area (Å²) in [5.74, 6) is -2.42. The highest BCUT2D eigenvalue weighted by Gasteiger charge is 2.44. The van der Waals surface area contributed by atoms with E-state index in [2.05, 4.69) is 5.32 Å². The normalized spacial score (nSPS) is 14.6. The first-order valence-electron chi connectivity index (χ1n) is 7.47. The molecule has 0 bridgehead atoms. The summed E-state index contributed by atoms with van der Waals surface area (Å²) in [5, 5.41) is 4.62. The molecule has 0 aromatic heterocycles. The molecule has 122 valence electrons. The quantitative estimate of drug-likeness (QED) is 0.683. The summed E-state index contributed by atoms with van der Waals surface area (Å²) in [6.45, 7) is 1.18. The van der Waals surface area contributed by atoms with E-state index in [9.17, 15) is 19.2 Å². The van der Waals surface area contributed by atoms with Crippen LogP contribution in [0.3, 0.4) is 0 Å². The average Bonchev–Trinajstić information content (AvgIpc) is 2.78. The van der Waals surface area contributed by atoms with Crippen molar-refractivity contribution in [2.75, 3.05) is 18.4 Å². The first-order chi connectivity index (χ1) is 11.5. The first kappa shape index (κ1) is 15.7. The Morgan fingerprint density at radius 1 is 0.958 bits per heavy atom. The Balaban J connectivity index is 1.72. The smallest absolute Gasteiger partial charge is 0.325 e. The van der Waals surface area contributed by atoms with Gasteiger partial charge in [-0.2, -0.15) is 0 Å². The zero-order valence-corrected chi connectivity index (χ0v) is 13.0. The zero-order valence-electron chi connectivity index (χ0n) is 13.0. The lowest BCUT2D eigenvalue weighted by Crippen LogP contribution is -2.38. The van der Waals surface area contributed by atoms with Gasteiger partial charge in [-0.25, -0.2) is 9.69 Å². The van der Waals surface area contributed by atoms with E-state index in [-0.39, 0.29) is 6.54 Å². The summed E-state index contributed by atoms with van der Waals surface area (Å²) in [6.07, 6.45) is 0. The number of benzene rings is 2. The van der Waals surface area contributed by atoms with Crippen LogP contribution in [0.2, 0.25) is 0 Å². The van der Waals surface area contributed by atoms with Gasteiger partial charge in [-0.1, -0.05) is 30.3 Å². The highest BCUT2D eigenvalue weighted by molar-refractivity contribution is 6.45. The summed E-state index contributed by atoms with van der Waals surface area (Å²) < 4.78 is 0. The van der Waals surface area contributed by atoms with Gasteiger partial charge in [0.05, 0.1) is 0 Å². The lowest BCUT2D eigenvalue weighted by Gasteiger charge is -2.14. The lowest BCUT2D eigenvalue weighted by molar-refractivity contribution is -0.143. The molecule has 1 aliphatic heterocycles. The number of carbonyl (C=O) groups excluding carboxylic acids is 4. The molecule has 0 unspecified atom stereocenters. The SMILES string of the molecule is CCN1C(=O)C(=O)N(CC(=O)Nc2ccc3ccccc3c2)C1=O. The van der Waals surface area contributed by atoms with Gasteiger partial charge in [0.15, 0.2) is 0 Å². The van der Waals surface area contributed by atoms with E-state index in [1.807, 2.05) is 30.3 Å². The molecule has 0 radical (unpaired) electrons. The minimum Gasteiger partial charge on any atom is -0.325 e. The van der Waals surface area contributed by atoms with Gasteiger partial charge in [-0.15, -0.1) is 0 Å². The van der Waals surface area contributed by atoms with Crippen LogP contribution in [0.25, 0.3) is 10.8 Å². The molecule has 2 aromatic carbocycles. The van der Waals surface area contributed by atoms with E-state index in [0.717, 1.165) is 15.7 Å². The molecule has 1 heterocycles. The van der Waals surface area contributed by atoms with Crippen LogP contribution < -0.4 is 5.32 Å². The third kappa shape index (κ3) is 2.71. The van der Waals surface area contributed by atoms with Crippen LogP contribution in [-0.4, -0.2) is 46.6 Å². The third-order valence-corrected chi connectivity index (χ3v) is 3.79. The minimum atomic E-state index is -0.976. The number of amides is 5. The van der Waals surface area contributed by atoms with Crippen molar-refractivity contribution in [3.05, 3.63) is 42.5 Å². The number of rotatable bonds is 4. The molecule has 7 heteroatoms. The maximum atomic E-state index is 12.1. The van der Waals surface area contributed by atoms with Crippen molar-refractivity contribution in [1.82, 2.24) is 9.80 Å². The Morgan fingerprint density at radius 2 is 1.62 bits per heavy atom. The predicted octanol–water partition coefficient (Wildman–Crippen LogP) is 1.59. The van der Waals surface area contributed by atoms with Crippen LogP contribution in [0.1, 0.15) is 6.92 Å². The first-order valence-corrected chi connectivity index (χ1v) is 7.47. The van der Waals surface area contributed by atoms with Crippen LogP contribution in [0.15, 0.2) is 42.5 Å². The van der Waals surface area contributed by atoms with E-state index >= 15 is 0 Å². The van der Waals surface area contributed by atoms with Gasteiger partial charge in [-0.3, -0.25) is 19.3 Å². The number of hydrogen-bond acceptors (Lipinski definition) is 4. The van der Waals surface area contributed by atoms with Crippen LogP contribution in [0.4, 0.5) is 10.5 Å². The molecule has 1 N–H and O–H groups in total. The van der Waals surface area contributed by atoms with Gasteiger partial charge in [0.25, 0.3) is 0 Å². The molecule has 24 heavy (non-hydrogen) atoms. The van der Waals surface area contributed by atoms with Crippen molar-refractivity contribution in [2.24, 2.45) is 0 Å². The number of hydrogen-bond donors (Lipinski definition) is 1. The molecule has 0 spiro atoms.